The van der Waals surface area contributed by atoms with Crippen LogP contribution in [0.1, 0.15) is 24.0 Å². The molecule has 8 heteroatoms. The summed E-state index contributed by atoms with van der Waals surface area (Å²) in [6.45, 7) is 0.885. The Morgan fingerprint density at radius 1 is 1.00 bits per heavy atom. The minimum Gasteiger partial charge on any atom is -0.507 e. The summed E-state index contributed by atoms with van der Waals surface area (Å²) in [6, 6.07) is 19.2. The van der Waals surface area contributed by atoms with Crippen molar-refractivity contribution < 1.29 is 19.8 Å². The van der Waals surface area contributed by atoms with E-state index in [1.165, 1.54) is 0 Å². The number of carbonyl (C=O) groups is 2. The molecule has 1 fully saturated rings. The largest absolute Gasteiger partial charge is 0.507 e. The Morgan fingerprint density at radius 3 is 2.48 bits per heavy atom. The minimum atomic E-state index is -0.820. The average Bonchev–Trinajstić information content (AvgIpc) is 3.64. The van der Waals surface area contributed by atoms with Gasteiger partial charge < -0.3 is 20.1 Å². The smallest absolute Gasteiger partial charge is 0.310 e. The molecule has 4 heterocycles. The Labute approximate surface area is 235 Å². The zero-order valence-corrected chi connectivity index (χ0v) is 22.7. The van der Waals surface area contributed by atoms with Crippen LogP contribution in [0.15, 0.2) is 83.8 Å². The number of fused-ring (bicyclic) bond motifs is 1. The molecule has 0 bridgehead atoms. The van der Waals surface area contributed by atoms with Crippen LogP contribution < -0.4 is 0 Å². The van der Waals surface area contributed by atoms with Gasteiger partial charge in [-0.15, -0.1) is 0 Å². The number of hydrogen-bond acceptors (Lipinski definition) is 5. The maximum atomic E-state index is 13.1. The number of para-hydroxylation sites is 1. The van der Waals surface area contributed by atoms with E-state index < -0.39 is 11.4 Å². The van der Waals surface area contributed by atoms with E-state index in [1.54, 1.807) is 28.6 Å². The summed E-state index contributed by atoms with van der Waals surface area (Å²) in [5.41, 5.74) is 5.08. The number of pyridine rings is 1. The number of H-pyrrole nitrogens is 1. The van der Waals surface area contributed by atoms with Crippen LogP contribution in [-0.2, 0) is 22.4 Å². The number of carbonyl (C=O) groups excluding carboxylic acids is 1. The quantitative estimate of drug-likeness (QED) is 0.225. The van der Waals surface area contributed by atoms with E-state index in [4.69, 9.17) is 0 Å². The molecular formula is C32H29N3O4S. The van der Waals surface area contributed by atoms with E-state index in [0.29, 0.717) is 43.5 Å². The number of nitrogens with zero attached hydrogens (tertiary/aromatic N) is 2. The van der Waals surface area contributed by atoms with Gasteiger partial charge in [-0.2, -0.15) is 11.3 Å². The van der Waals surface area contributed by atoms with Crippen LogP contribution in [-0.4, -0.2) is 50.0 Å². The number of rotatable bonds is 7. The molecule has 0 aliphatic carbocycles. The highest BCUT2D eigenvalue weighted by molar-refractivity contribution is 7.07. The molecule has 1 aliphatic rings. The third kappa shape index (κ3) is 4.98. The van der Waals surface area contributed by atoms with Crippen molar-refractivity contribution in [1.29, 1.82) is 0 Å². The number of thiophene rings is 1. The third-order valence-electron chi connectivity index (χ3n) is 8.02. The second-order valence-electron chi connectivity index (χ2n) is 10.5. The van der Waals surface area contributed by atoms with Gasteiger partial charge in [0.2, 0.25) is 5.91 Å². The fraction of sp³-hybridized carbons (Fsp3) is 0.219. The summed E-state index contributed by atoms with van der Waals surface area (Å²) >= 11 is 1.57. The fourth-order valence-electron chi connectivity index (χ4n) is 5.63. The molecule has 0 radical (unpaired) electrons. The summed E-state index contributed by atoms with van der Waals surface area (Å²) in [5.74, 6) is -0.598. The van der Waals surface area contributed by atoms with E-state index in [-0.39, 0.29) is 18.1 Å². The second kappa shape index (κ2) is 10.6. The Bertz CT molecular complexity index is 1630. The summed E-state index contributed by atoms with van der Waals surface area (Å²) in [6.07, 6.45) is 5.15. The van der Waals surface area contributed by atoms with Gasteiger partial charge in [0.1, 0.15) is 5.75 Å². The molecular weight excluding hydrogens is 522 g/mol. The molecule has 2 aromatic carbocycles. The Kier molecular flexibility index (Phi) is 6.86. The zero-order valence-electron chi connectivity index (χ0n) is 21.8. The summed E-state index contributed by atoms with van der Waals surface area (Å²) in [7, 11) is 0. The van der Waals surface area contributed by atoms with Crippen molar-refractivity contribution in [3.8, 4) is 28.1 Å². The van der Waals surface area contributed by atoms with Crippen LogP contribution in [0, 0.1) is 5.41 Å². The number of piperidine rings is 1. The standard InChI is InChI=1S/C32H29N3O4S/c36-29(35-13-10-32(11-14-35,31(38)39)18-22-9-15-40-20-22)16-21-4-6-23(7-5-21)25-2-1-3-26(30(25)37)27-17-24-8-12-33-19-28(24)34-27/h1-9,12,15,17,19-20,34,37H,10-11,13-14,16,18H2,(H,38,39). The Morgan fingerprint density at radius 2 is 1.77 bits per heavy atom. The number of carboxylic acids is 1. The van der Waals surface area contributed by atoms with Crippen LogP contribution in [0.4, 0.5) is 0 Å². The number of aromatic hydroxyl groups is 1. The maximum absolute atomic E-state index is 13.1. The summed E-state index contributed by atoms with van der Waals surface area (Å²) in [4.78, 5) is 34.5. The second-order valence-corrected chi connectivity index (χ2v) is 11.3. The number of carboxylic acid groups (broad SMARTS) is 1. The Balaban J connectivity index is 1.13. The first-order valence-corrected chi connectivity index (χ1v) is 14.2. The molecule has 0 unspecified atom stereocenters. The third-order valence-corrected chi connectivity index (χ3v) is 8.75. The normalized spacial score (nSPS) is 14.8. The monoisotopic (exact) mass is 551 g/mol. The molecule has 7 nitrogen and oxygen atoms in total. The van der Waals surface area contributed by atoms with E-state index in [2.05, 4.69) is 9.97 Å². The molecule has 1 amide bonds. The number of phenolic OH excluding ortho intramolecular Hbond substituents is 1. The first-order valence-electron chi connectivity index (χ1n) is 13.3. The van der Waals surface area contributed by atoms with E-state index in [9.17, 15) is 19.8 Å². The highest BCUT2D eigenvalue weighted by Gasteiger charge is 2.42. The van der Waals surface area contributed by atoms with Crippen LogP contribution in [0.25, 0.3) is 33.3 Å². The van der Waals surface area contributed by atoms with E-state index in [1.807, 2.05) is 71.4 Å². The number of aromatic nitrogens is 2. The van der Waals surface area contributed by atoms with Crippen molar-refractivity contribution in [2.24, 2.45) is 5.41 Å². The van der Waals surface area contributed by atoms with Crippen molar-refractivity contribution >= 4 is 34.1 Å². The predicted molar refractivity (Wildman–Crippen MR) is 156 cm³/mol. The van der Waals surface area contributed by atoms with E-state index in [0.717, 1.165) is 33.3 Å². The zero-order chi connectivity index (χ0) is 27.7. The van der Waals surface area contributed by atoms with Gasteiger partial charge in [0.15, 0.2) is 0 Å². The summed E-state index contributed by atoms with van der Waals surface area (Å²) < 4.78 is 0. The molecule has 0 atom stereocenters. The van der Waals surface area contributed by atoms with Gasteiger partial charge in [0.25, 0.3) is 0 Å². The van der Waals surface area contributed by atoms with Crippen molar-refractivity contribution in [3.05, 3.63) is 94.9 Å². The van der Waals surface area contributed by atoms with Gasteiger partial charge in [0, 0.05) is 35.8 Å². The Hall–Kier alpha value is -4.43. The van der Waals surface area contributed by atoms with E-state index >= 15 is 0 Å². The number of likely N-dealkylation sites (tertiary alicyclic amines) is 1. The molecule has 40 heavy (non-hydrogen) atoms. The number of nitrogens with one attached hydrogen (secondary N) is 1. The summed E-state index contributed by atoms with van der Waals surface area (Å²) in [5, 5.41) is 26.1. The van der Waals surface area contributed by atoms with Gasteiger partial charge in [-0.05, 0) is 71.0 Å². The number of amides is 1. The van der Waals surface area contributed by atoms with Gasteiger partial charge in [-0.25, -0.2) is 0 Å². The number of phenols is 1. The van der Waals surface area contributed by atoms with Gasteiger partial charge in [-0.1, -0.05) is 36.4 Å². The predicted octanol–water partition coefficient (Wildman–Crippen LogP) is 6.14. The number of aromatic amines is 1. The lowest BCUT2D eigenvalue weighted by atomic mass is 9.74. The minimum absolute atomic E-state index is 0.000387. The van der Waals surface area contributed by atoms with Crippen LogP contribution >= 0.6 is 11.3 Å². The number of hydrogen-bond donors (Lipinski definition) is 3. The SMILES string of the molecule is O=C(Cc1ccc(-c2cccc(-c3cc4ccncc4[nH]3)c2O)cc1)N1CCC(Cc2ccsc2)(C(=O)O)CC1. The molecule has 1 saturated heterocycles. The lowest BCUT2D eigenvalue weighted by Gasteiger charge is -2.39. The molecule has 202 valence electrons. The van der Waals surface area contributed by atoms with Gasteiger partial charge in [-0.3, -0.25) is 14.6 Å². The topological polar surface area (TPSA) is 107 Å². The van der Waals surface area contributed by atoms with Crippen LogP contribution in [0.5, 0.6) is 5.75 Å². The molecule has 5 aromatic rings. The molecule has 6 rings (SSSR count). The molecule has 0 saturated carbocycles. The average molecular weight is 552 g/mol. The maximum Gasteiger partial charge on any atom is 0.310 e. The van der Waals surface area contributed by atoms with Gasteiger partial charge in [0.05, 0.1) is 29.2 Å². The molecule has 0 spiro atoms. The first kappa shape index (κ1) is 25.8. The number of aliphatic carboxylic acids is 1. The lowest BCUT2D eigenvalue weighted by Crippen LogP contribution is -2.48. The van der Waals surface area contributed by atoms with Crippen molar-refractivity contribution in [1.82, 2.24) is 14.9 Å². The molecule has 3 N–H and O–H groups in total. The lowest BCUT2D eigenvalue weighted by molar-refractivity contribution is -0.154. The van der Waals surface area contributed by atoms with Gasteiger partial charge >= 0.3 is 5.97 Å². The van der Waals surface area contributed by atoms with Crippen molar-refractivity contribution in [2.45, 2.75) is 25.7 Å². The molecule has 1 aliphatic heterocycles. The van der Waals surface area contributed by atoms with Crippen molar-refractivity contribution in [3.63, 3.8) is 0 Å². The highest BCUT2D eigenvalue weighted by Crippen LogP contribution is 2.39. The van der Waals surface area contributed by atoms with Crippen molar-refractivity contribution in [2.75, 3.05) is 13.1 Å². The number of benzene rings is 2. The van der Waals surface area contributed by atoms with Crippen LogP contribution in [0.2, 0.25) is 0 Å². The first-order chi connectivity index (χ1) is 19.4. The highest BCUT2D eigenvalue weighted by atomic mass is 32.1. The molecule has 3 aromatic heterocycles. The van der Waals surface area contributed by atoms with Crippen LogP contribution in [0.3, 0.4) is 0 Å². The fourth-order valence-corrected chi connectivity index (χ4v) is 6.30.